The fourth-order valence-corrected chi connectivity index (χ4v) is 2.04. The molecular weight excluding hydrogens is 250 g/mol. The highest BCUT2D eigenvalue weighted by molar-refractivity contribution is 5.48. The van der Waals surface area contributed by atoms with E-state index in [0.29, 0.717) is 18.9 Å². The molecule has 0 atom stereocenters. The van der Waals surface area contributed by atoms with E-state index < -0.39 is 0 Å². The van der Waals surface area contributed by atoms with Gasteiger partial charge in [0.2, 0.25) is 0 Å². The highest BCUT2D eigenvalue weighted by Gasteiger charge is 2.07. The van der Waals surface area contributed by atoms with Gasteiger partial charge in [-0.05, 0) is 56.2 Å². The van der Waals surface area contributed by atoms with Crippen LogP contribution in [0.1, 0.15) is 23.6 Å². The minimum atomic E-state index is 0.449. The fraction of sp³-hybridized carbons (Fsp3) is 0.294. The molecule has 0 bridgehead atoms. The molecule has 0 unspecified atom stereocenters. The summed E-state index contributed by atoms with van der Waals surface area (Å²) in [4.78, 5) is 0. The summed E-state index contributed by atoms with van der Waals surface area (Å²) in [5.74, 6) is 1.72. The predicted octanol–water partition coefficient (Wildman–Crippen LogP) is 3.86. The molecule has 0 amide bonds. The van der Waals surface area contributed by atoms with Crippen molar-refractivity contribution in [2.75, 3.05) is 12.3 Å². The zero-order valence-electron chi connectivity index (χ0n) is 12.3. The van der Waals surface area contributed by atoms with Gasteiger partial charge in [-0.3, -0.25) is 0 Å². The predicted molar refractivity (Wildman–Crippen MR) is 82.3 cm³/mol. The van der Waals surface area contributed by atoms with E-state index in [1.165, 1.54) is 5.56 Å². The van der Waals surface area contributed by atoms with Gasteiger partial charge in [-0.1, -0.05) is 12.1 Å². The van der Waals surface area contributed by atoms with Crippen molar-refractivity contribution in [3.8, 4) is 11.5 Å². The molecule has 3 nitrogen and oxygen atoms in total. The average Bonchev–Trinajstić information content (AvgIpc) is 2.43. The maximum atomic E-state index is 5.91. The number of hydrogen-bond acceptors (Lipinski definition) is 3. The second-order valence-electron chi connectivity index (χ2n) is 4.79. The first-order valence-electron chi connectivity index (χ1n) is 6.82. The quantitative estimate of drug-likeness (QED) is 0.840. The van der Waals surface area contributed by atoms with Crippen molar-refractivity contribution < 1.29 is 9.47 Å². The second kappa shape index (κ2) is 6.33. The molecule has 2 N–H and O–H groups in total. The molecule has 0 aliphatic rings. The maximum absolute atomic E-state index is 5.91. The minimum absolute atomic E-state index is 0.449. The lowest BCUT2D eigenvalue weighted by atomic mass is 10.1. The fourth-order valence-electron chi connectivity index (χ4n) is 2.04. The first-order valence-corrected chi connectivity index (χ1v) is 6.82. The highest BCUT2D eigenvalue weighted by Crippen LogP contribution is 2.26. The Labute approximate surface area is 120 Å². The Morgan fingerprint density at radius 2 is 1.80 bits per heavy atom. The first-order chi connectivity index (χ1) is 9.61. The van der Waals surface area contributed by atoms with Crippen molar-refractivity contribution in [1.29, 1.82) is 0 Å². The van der Waals surface area contributed by atoms with Crippen LogP contribution in [0.15, 0.2) is 36.4 Å². The first kappa shape index (κ1) is 14.3. The molecule has 0 saturated heterocycles. The van der Waals surface area contributed by atoms with Crippen LogP contribution >= 0.6 is 0 Å². The van der Waals surface area contributed by atoms with Crippen molar-refractivity contribution in [2.45, 2.75) is 27.4 Å². The third-order valence-corrected chi connectivity index (χ3v) is 3.32. The van der Waals surface area contributed by atoms with Gasteiger partial charge in [0.1, 0.15) is 18.1 Å². The Bertz CT molecular complexity index is 594. The Morgan fingerprint density at radius 1 is 1.00 bits per heavy atom. The monoisotopic (exact) mass is 271 g/mol. The molecule has 20 heavy (non-hydrogen) atoms. The van der Waals surface area contributed by atoms with Gasteiger partial charge in [0, 0.05) is 11.3 Å². The molecule has 0 heterocycles. The Morgan fingerprint density at radius 3 is 2.55 bits per heavy atom. The molecule has 2 aromatic carbocycles. The number of anilines is 1. The number of benzene rings is 2. The summed E-state index contributed by atoms with van der Waals surface area (Å²) in [6.07, 6.45) is 0. The molecule has 0 aromatic heterocycles. The number of nitrogen functional groups attached to an aromatic ring is 1. The van der Waals surface area contributed by atoms with Gasteiger partial charge in [-0.25, -0.2) is 0 Å². The van der Waals surface area contributed by atoms with Crippen molar-refractivity contribution in [3.63, 3.8) is 0 Å². The number of rotatable bonds is 5. The summed E-state index contributed by atoms with van der Waals surface area (Å²) in [6.45, 7) is 7.18. The zero-order valence-corrected chi connectivity index (χ0v) is 12.3. The lowest BCUT2D eigenvalue weighted by Crippen LogP contribution is -2.03. The molecule has 2 aromatic rings. The van der Waals surface area contributed by atoms with E-state index in [0.717, 1.165) is 22.6 Å². The molecule has 106 valence electrons. The number of hydrogen-bond donors (Lipinski definition) is 1. The van der Waals surface area contributed by atoms with Gasteiger partial charge >= 0.3 is 0 Å². The summed E-state index contributed by atoms with van der Waals surface area (Å²) in [5.41, 5.74) is 9.90. The largest absolute Gasteiger partial charge is 0.493 e. The van der Waals surface area contributed by atoms with Crippen LogP contribution in [0, 0.1) is 13.8 Å². The molecular formula is C17H21NO2. The second-order valence-corrected chi connectivity index (χ2v) is 4.79. The van der Waals surface area contributed by atoms with Crippen molar-refractivity contribution >= 4 is 5.69 Å². The molecule has 2 rings (SSSR count). The summed E-state index contributed by atoms with van der Waals surface area (Å²) >= 11 is 0. The Balaban J connectivity index is 2.18. The maximum Gasteiger partial charge on any atom is 0.126 e. The minimum Gasteiger partial charge on any atom is -0.493 e. The van der Waals surface area contributed by atoms with E-state index in [-0.39, 0.29) is 0 Å². The van der Waals surface area contributed by atoms with Gasteiger partial charge in [-0.2, -0.15) is 0 Å². The van der Waals surface area contributed by atoms with E-state index in [1.54, 1.807) is 0 Å². The summed E-state index contributed by atoms with van der Waals surface area (Å²) in [6, 6.07) is 11.7. The number of aryl methyl sites for hydroxylation is 1. The molecule has 0 fully saturated rings. The molecule has 0 radical (unpaired) electrons. The molecule has 0 spiro atoms. The summed E-state index contributed by atoms with van der Waals surface area (Å²) < 4.78 is 11.5. The standard InChI is InChI=1S/C17H21NO2/c1-4-19-17-9-8-15(18)10-14(17)11-20-16-7-5-6-12(2)13(16)3/h5-10H,4,11,18H2,1-3H3. The zero-order chi connectivity index (χ0) is 14.5. The third-order valence-electron chi connectivity index (χ3n) is 3.32. The van der Waals surface area contributed by atoms with Crippen LogP contribution in [0.5, 0.6) is 11.5 Å². The van der Waals surface area contributed by atoms with E-state index in [4.69, 9.17) is 15.2 Å². The van der Waals surface area contributed by atoms with Crippen molar-refractivity contribution in [2.24, 2.45) is 0 Å². The third kappa shape index (κ3) is 3.23. The van der Waals surface area contributed by atoms with Crippen LogP contribution in [0.25, 0.3) is 0 Å². The summed E-state index contributed by atoms with van der Waals surface area (Å²) in [7, 11) is 0. The molecule has 0 saturated carbocycles. The van der Waals surface area contributed by atoms with Gasteiger partial charge in [0.05, 0.1) is 6.61 Å². The Hall–Kier alpha value is -2.16. The van der Waals surface area contributed by atoms with Crippen LogP contribution in [0.4, 0.5) is 5.69 Å². The number of ether oxygens (including phenoxy) is 2. The van der Waals surface area contributed by atoms with E-state index in [1.807, 2.05) is 37.3 Å². The Kier molecular flexibility index (Phi) is 4.51. The topological polar surface area (TPSA) is 44.5 Å². The highest BCUT2D eigenvalue weighted by atomic mass is 16.5. The van der Waals surface area contributed by atoms with Crippen LogP contribution in [-0.2, 0) is 6.61 Å². The SMILES string of the molecule is CCOc1ccc(N)cc1COc1cccc(C)c1C. The van der Waals surface area contributed by atoms with Crippen molar-refractivity contribution in [3.05, 3.63) is 53.1 Å². The van der Waals surface area contributed by atoms with Crippen LogP contribution in [0.3, 0.4) is 0 Å². The molecule has 3 heteroatoms. The molecule has 0 aliphatic carbocycles. The van der Waals surface area contributed by atoms with Gasteiger partial charge < -0.3 is 15.2 Å². The lowest BCUT2D eigenvalue weighted by Gasteiger charge is -2.14. The van der Waals surface area contributed by atoms with Gasteiger partial charge in [0.15, 0.2) is 0 Å². The summed E-state index contributed by atoms with van der Waals surface area (Å²) in [5, 5.41) is 0. The van der Waals surface area contributed by atoms with Gasteiger partial charge in [-0.15, -0.1) is 0 Å². The lowest BCUT2D eigenvalue weighted by molar-refractivity contribution is 0.285. The molecule has 0 aliphatic heterocycles. The van der Waals surface area contributed by atoms with Crippen LogP contribution in [-0.4, -0.2) is 6.61 Å². The number of nitrogens with two attached hydrogens (primary N) is 1. The van der Waals surface area contributed by atoms with Crippen molar-refractivity contribution in [1.82, 2.24) is 0 Å². The van der Waals surface area contributed by atoms with Crippen LogP contribution in [0.2, 0.25) is 0 Å². The van der Waals surface area contributed by atoms with Gasteiger partial charge in [0.25, 0.3) is 0 Å². The normalized spacial score (nSPS) is 10.3. The smallest absolute Gasteiger partial charge is 0.126 e. The van der Waals surface area contributed by atoms with E-state index in [9.17, 15) is 0 Å². The van der Waals surface area contributed by atoms with Crippen LogP contribution < -0.4 is 15.2 Å². The average molecular weight is 271 g/mol. The van der Waals surface area contributed by atoms with E-state index >= 15 is 0 Å². The van der Waals surface area contributed by atoms with E-state index in [2.05, 4.69) is 19.9 Å².